The fraction of sp³-hybridized carbons (Fsp3) is 0.538. The summed E-state index contributed by atoms with van der Waals surface area (Å²) in [5.74, 6) is -0.0196. The zero-order chi connectivity index (χ0) is 12.3. The molecule has 1 saturated heterocycles. The summed E-state index contributed by atoms with van der Waals surface area (Å²) < 4.78 is 5.50. The molecule has 2 heterocycles. The van der Waals surface area contributed by atoms with Crippen molar-refractivity contribution in [1.82, 2.24) is 4.98 Å². The SMILES string of the molecule is Cc1cncc(NC(=O)C2CCCOC2C)c1. The van der Waals surface area contributed by atoms with Gasteiger partial charge in [-0.1, -0.05) is 0 Å². The summed E-state index contributed by atoms with van der Waals surface area (Å²) in [6, 6.07) is 1.92. The number of ether oxygens (including phenoxy) is 1. The van der Waals surface area contributed by atoms with Crippen molar-refractivity contribution in [2.24, 2.45) is 5.92 Å². The van der Waals surface area contributed by atoms with Crippen molar-refractivity contribution < 1.29 is 9.53 Å². The maximum atomic E-state index is 12.1. The third-order valence-corrected chi connectivity index (χ3v) is 3.09. The van der Waals surface area contributed by atoms with Gasteiger partial charge >= 0.3 is 0 Å². The molecule has 1 aliphatic heterocycles. The fourth-order valence-electron chi connectivity index (χ4n) is 2.13. The number of rotatable bonds is 2. The molecule has 1 aliphatic rings. The van der Waals surface area contributed by atoms with E-state index < -0.39 is 0 Å². The van der Waals surface area contributed by atoms with Crippen molar-refractivity contribution in [2.75, 3.05) is 11.9 Å². The standard InChI is InChI=1S/C13H18N2O2/c1-9-6-11(8-14-7-9)15-13(16)12-4-3-5-17-10(12)2/h6-8,10,12H,3-5H2,1-2H3,(H,15,16). The second-order valence-corrected chi connectivity index (χ2v) is 4.56. The van der Waals surface area contributed by atoms with E-state index in [0.29, 0.717) is 0 Å². The maximum Gasteiger partial charge on any atom is 0.230 e. The van der Waals surface area contributed by atoms with Gasteiger partial charge in [-0.15, -0.1) is 0 Å². The average Bonchev–Trinajstić information content (AvgIpc) is 2.29. The third kappa shape index (κ3) is 3.03. The molecule has 0 spiro atoms. The second kappa shape index (κ2) is 5.27. The summed E-state index contributed by atoms with van der Waals surface area (Å²) in [4.78, 5) is 16.1. The first-order chi connectivity index (χ1) is 8.16. The Balaban J connectivity index is 2.01. The molecule has 0 aliphatic carbocycles. The van der Waals surface area contributed by atoms with E-state index in [1.165, 1.54) is 0 Å². The Morgan fingerprint density at radius 2 is 2.35 bits per heavy atom. The third-order valence-electron chi connectivity index (χ3n) is 3.09. The number of nitrogens with one attached hydrogen (secondary N) is 1. The van der Waals surface area contributed by atoms with Gasteiger partial charge in [-0.3, -0.25) is 9.78 Å². The number of aromatic nitrogens is 1. The molecule has 2 atom stereocenters. The highest BCUT2D eigenvalue weighted by Gasteiger charge is 2.28. The number of anilines is 1. The van der Waals surface area contributed by atoms with E-state index in [9.17, 15) is 4.79 Å². The number of hydrogen-bond donors (Lipinski definition) is 1. The van der Waals surface area contributed by atoms with Crippen LogP contribution in [0.3, 0.4) is 0 Å². The molecule has 0 radical (unpaired) electrons. The molecule has 17 heavy (non-hydrogen) atoms. The first kappa shape index (κ1) is 12.0. The number of aryl methyl sites for hydroxylation is 1. The molecule has 0 saturated carbocycles. The Labute approximate surface area is 101 Å². The molecule has 1 aromatic heterocycles. The van der Waals surface area contributed by atoms with Gasteiger partial charge < -0.3 is 10.1 Å². The van der Waals surface area contributed by atoms with Gasteiger partial charge in [-0.05, 0) is 38.3 Å². The summed E-state index contributed by atoms with van der Waals surface area (Å²) in [7, 11) is 0. The molecule has 1 fully saturated rings. The number of hydrogen-bond acceptors (Lipinski definition) is 3. The molecule has 1 N–H and O–H groups in total. The van der Waals surface area contributed by atoms with E-state index in [1.807, 2.05) is 19.9 Å². The maximum absolute atomic E-state index is 12.1. The van der Waals surface area contributed by atoms with Crippen LogP contribution in [0.5, 0.6) is 0 Å². The molecular weight excluding hydrogens is 216 g/mol. The summed E-state index contributed by atoms with van der Waals surface area (Å²) in [5.41, 5.74) is 1.79. The van der Waals surface area contributed by atoms with E-state index in [0.717, 1.165) is 30.7 Å². The van der Waals surface area contributed by atoms with Crippen molar-refractivity contribution in [3.8, 4) is 0 Å². The minimum absolute atomic E-state index is 0.00141. The second-order valence-electron chi connectivity index (χ2n) is 4.56. The Bertz CT molecular complexity index is 406. The van der Waals surface area contributed by atoms with Crippen molar-refractivity contribution in [1.29, 1.82) is 0 Å². The van der Waals surface area contributed by atoms with E-state index in [4.69, 9.17) is 4.74 Å². The normalized spacial score (nSPS) is 24.4. The van der Waals surface area contributed by atoms with Crippen molar-refractivity contribution in [2.45, 2.75) is 32.8 Å². The Kier molecular flexibility index (Phi) is 3.74. The Hall–Kier alpha value is -1.42. The summed E-state index contributed by atoms with van der Waals surface area (Å²) in [6.45, 7) is 4.67. The lowest BCUT2D eigenvalue weighted by Crippen LogP contribution is -2.36. The van der Waals surface area contributed by atoms with Gasteiger partial charge in [-0.25, -0.2) is 0 Å². The van der Waals surface area contributed by atoms with Crippen molar-refractivity contribution in [3.63, 3.8) is 0 Å². The highest BCUT2D eigenvalue weighted by atomic mass is 16.5. The Morgan fingerprint density at radius 3 is 3.06 bits per heavy atom. The molecule has 2 rings (SSSR count). The van der Waals surface area contributed by atoms with Crippen LogP contribution in [0.15, 0.2) is 18.5 Å². The molecule has 92 valence electrons. The van der Waals surface area contributed by atoms with E-state index in [1.54, 1.807) is 12.4 Å². The lowest BCUT2D eigenvalue weighted by Gasteiger charge is -2.27. The zero-order valence-corrected chi connectivity index (χ0v) is 10.3. The van der Waals surface area contributed by atoms with E-state index in [-0.39, 0.29) is 17.9 Å². The molecule has 1 aromatic rings. The molecular formula is C13H18N2O2. The first-order valence-corrected chi connectivity index (χ1v) is 6.01. The van der Waals surface area contributed by atoms with Gasteiger partial charge in [0, 0.05) is 12.8 Å². The van der Waals surface area contributed by atoms with Gasteiger partial charge in [0.15, 0.2) is 0 Å². The molecule has 4 heteroatoms. The minimum Gasteiger partial charge on any atom is -0.378 e. The van der Waals surface area contributed by atoms with Crippen LogP contribution in [-0.2, 0) is 9.53 Å². The molecule has 0 bridgehead atoms. The van der Waals surface area contributed by atoms with Gasteiger partial charge in [0.25, 0.3) is 0 Å². The molecule has 2 unspecified atom stereocenters. The summed E-state index contributed by atoms with van der Waals surface area (Å²) in [5, 5.41) is 2.90. The van der Waals surface area contributed by atoms with Gasteiger partial charge in [0.2, 0.25) is 5.91 Å². The van der Waals surface area contributed by atoms with Crippen LogP contribution >= 0.6 is 0 Å². The lowest BCUT2D eigenvalue weighted by molar-refractivity contribution is -0.127. The zero-order valence-electron chi connectivity index (χ0n) is 10.3. The lowest BCUT2D eigenvalue weighted by atomic mass is 9.94. The van der Waals surface area contributed by atoms with Crippen LogP contribution < -0.4 is 5.32 Å². The highest BCUT2D eigenvalue weighted by Crippen LogP contribution is 2.22. The van der Waals surface area contributed by atoms with Gasteiger partial charge in [-0.2, -0.15) is 0 Å². The number of nitrogens with zero attached hydrogens (tertiary/aromatic N) is 1. The highest BCUT2D eigenvalue weighted by molar-refractivity contribution is 5.92. The Morgan fingerprint density at radius 1 is 1.53 bits per heavy atom. The topological polar surface area (TPSA) is 51.2 Å². The smallest absolute Gasteiger partial charge is 0.230 e. The minimum atomic E-state index is -0.0516. The predicted molar refractivity (Wildman–Crippen MR) is 65.7 cm³/mol. The number of carbonyl (C=O) groups excluding carboxylic acids is 1. The van der Waals surface area contributed by atoms with Crippen molar-refractivity contribution >= 4 is 11.6 Å². The van der Waals surface area contributed by atoms with E-state index in [2.05, 4.69) is 10.3 Å². The molecule has 0 aromatic carbocycles. The van der Waals surface area contributed by atoms with Gasteiger partial charge in [0.1, 0.15) is 0 Å². The van der Waals surface area contributed by atoms with Crippen LogP contribution in [-0.4, -0.2) is 23.6 Å². The molecule has 4 nitrogen and oxygen atoms in total. The molecule has 1 amide bonds. The van der Waals surface area contributed by atoms with Crippen LogP contribution in [0.4, 0.5) is 5.69 Å². The van der Waals surface area contributed by atoms with Gasteiger partial charge in [0.05, 0.1) is 23.9 Å². The van der Waals surface area contributed by atoms with Crippen LogP contribution in [0.1, 0.15) is 25.3 Å². The fourth-order valence-corrected chi connectivity index (χ4v) is 2.13. The quantitative estimate of drug-likeness (QED) is 0.853. The van der Waals surface area contributed by atoms with Crippen LogP contribution in [0.25, 0.3) is 0 Å². The monoisotopic (exact) mass is 234 g/mol. The van der Waals surface area contributed by atoms with E-state index >= 15 is 0 Å². The summed E-state index contributed by atoms with van der Waals surface area (Å²) >= 11 is 0. The first-order valence-electron chi connectivity index (χ1n) is 6.01. The van der Waals surface area contributed by atoms with Crippen LogP contribution in [0, 0.1) is 12.8 Å². The number of amides is 1. The number of pyridine rings is 1. The predicted octanol–water partition coefficient (Wildman–Crippen LogP) is 2.14. The average molecular weight is 234 g/mol. The van der Waals surface area contributed by atoms with Crippen molar-refractivity contribution in [3.05, 3.63) is 24.0 Å². The largest absolute Gasteiger partial charge is 0.378 e. The number of carbonyl (C=O) groups is 1. The van der Waals surface area contributed by atoms with Crippen LogP contribution in [0.2, 0.25) is 0 Å². The summed E-state index contributed by atoms with van der Waals surface area (Å²) in [6.07, 6.45) is 5.28.